The Morgan fingerprint density at radius 1 is 0.594 bits per heavy atom. The number of thioether (sulfide) groups is 1. The minimum absolute atomic E-state index is 0.142. The van der Waals surface area contributed by atoms with Gasteiger partial charge in [0.1, 0.15) is 0 Å². The Hall–Kier alpha value is 0.220. The standard InChI is InChI=1S/C26H46O4S2/c1-19-3-11-23(12-4-19)31-24-13-5-21(6-14-24)30-22-9-17-26(18-10-22)32(27,28)25-15-7-20(29-2)8-16-25/h19-26H,3-18H2,1-2H3. The highest BCUT2D eigenvalue weighted by atomic mass is 32.2. The van der Waals surface area contributed by atoms with Crippen molar-refractivity contribution in [1.29, 1.82) is 0 Å². The summed E-state index contributed by atoms with van der Waals surface area (Å²) in [6, 6.07) is 0. The summed E-state index contributed by atoms with van der Waals surface area (Å²) in [5.74, 6) is 0.937. The fraction of sp³-hybridized carbons (Fsp3) is 1.00. The maximum atomic E-state index is 13.2. The molecule has 0 saturated heterocycles. The van der Waals surface area contributed by atoms with E-state index in [0.29, 0.717) is 6.10 Å². The molecule has 186 valence electrons. The summed E-state index contributed by atoms with van der Waals surface area (Å²) in [5.41, 5.74) is 0. The molecule has 4 aliphatic rings. The van der Waals surface area contributed by atoms with Gasteiger partial charge in [0.15, 0.2) is 9.84 Å². The number of methoxy groups -OCH3 is 1. The Labute approximate surface area is 201 Å². The molecule has 4 rings (SSSR count). The number of hydrogen-bond donors (Lipinski definition) is 0. The van der Waals surface area contributed by atoms with Gasteiger partial charge in [-0.15, -0.1) is 0 Å². The topological polar surface area (TPSA) is 52.6 Å². The van der Waals surface area contributed by atoms with Crippen LogP contribution in [0.1, 0.15) is 110 Å². The first-order chi connectivity index (χ1) is 15.4. The molecule has 0 spiro atoms. The molecule has 0 bridgehead atoms. The summed E-state index contributed by atoms with van der Waals surface area (Å²) in [6.07, 6.45) is 18.4. The third-order valence-electron chi connectivity index (χ3n) is 8.86. The van der Waals surface area contributed by atoms with Crippen LogP contribution in [0.3, 0.4) is 0 Å². The Kier molecular flexibility index (Phi) is 9.31. The summed E-state index contributed by atoms with van der Waals surface area (Å²) in [4.78, 5) is 0. The second-order valence-corrected chi connectivity index (χ2v) is 15.3. The van der Waals surface area contributed by atoms with Crippen molar-refractivity contribution in [3.63, 3.8) is 0 Å². The molecular weight excluding hydrogens is 440 g/mol. The molecule has 0 aliphatic heterocycles. The van der Waals surface area contributed by atoms with Crippen LogP contribution in [0.25, 0.3) is 0 Å². The van der Waals surface area contributed by atoms with Gasteiger partial charge in [0.2, 0.25) is 0 Å². The minimum Gasteiger partial charge on any atom is -0.381 e. The van der Waals surface area contributed by atoms with E-state index in [1.165, 1.54) is 51.4 Å². The molecule has 4 aliphatic carbocycles. The lowest BCUT2D eigenvalue weighted by Crippen LogP contribution is -2.40. The van der Waals surface area contributed by atoms with Crippen molar-refractivity contribution in [3.05, 3.63) is 0 Å². The van der Waals surface area contributed by atoms with Gasteiger partial charge in [-0.25, -0.2) is 8.42 Å². The Morgan fingerprint density at radius 3 is 1.47 bits per heavy atom. The molecule has 4 nitrogen and oxygen atoms in total. The number of rotatable bonds is 7. The van der Waals surface area contributed by atoms with Gasteiger partial charge < -0.3 is 9.47 Å². The lowest BCUT2D eigenvalue weighted by molar-refractivity contribution is -0.0440. The zero-order chi connectivity index (χ0) is 22.6. The molecule has 0 heterocycles. The number of sulfone groups is 1. The van der Waals surface area contributed by atoms with E-state index < -0.39 is 9.84 Å². The minimum atomic E-state index is -3.01. The maximum absolute atomic E-state index is 13.2. The second-order valence-electron chi connectivity index (χ2n) is 11.2. The zero-order valence-electron chi connectivity index (χ0n) is 20.4. The van der Waals surface area contributed by atoms with Crippen LogP contribution in [0.5, 0.6) is 0 Å². The van der Waals surface area contributed by atoms with Crippen LogP contribution < -0.4 is 0 Å². The average molecular weight is 487 g/mol. The van der Waals surface area contributed by atoms with E-state index in [1.54, 1.807) is 7.11 Å². The molecule has 4 saturated carbocycles. The van der Waals surface area contributed by atoms with E-state index in [2.05, 4.69) is 18.7 Å². The van der Waals surface area contributed by atoms with Gasteiger partial charge in [-0.3, -0.25) is 0 Å². The van der Waals surface area contributed by atoms with Crippen LogP contribution in [-0.2, 0) is 19.3 Å². The quantitative estimate of drug-likeness (QED) is 0.422. The molecule has 0 atom stereocenters. The fourth-order valence-electron chi connectivity index (χ4n) is 6.58. The van der Waals surface area contributed by atoms with Crippen LogP contribution in [0.4, 0.5) is 0 Å². The van der Waals surface area contributed by atoms with Crippen LogP contribution in [-0.4, -0.2) is 54.8 Å². The highest BCUT2D eigenvalue weighted by Gasteiger charge is 2.39. The van der Waals surface area contributed by atoms with Gasteiger partial charge in [0.25, 0.3) is 0 Å². The molecule has 6 heteroatoms. The first kappa shape index (κ1) is 25.3. The van der Waals surface area contributed by atoms with Gasteiger partial charge in [-0.05, 0) is 109 Å². The molecule has 0 unspecified atom stereocenters. The molecule has 0 aromatic rings. The van der Waals surface area contributed by atoms with Gasteiger partial charge >= 0.3 is 0 Å². The summed E-state index contributed by atoms with van der Waals surface area (Å²) >= 11 is 2.28. The number of ether oxygens (including phenoxy) is 2. The molecule has 0 radical (unpaired) electrons. The van der Waals surface area contributed by atoms with Gasteiger partial charge in [0.05, 0.1) is 28.8 Å². The largest absolute Gasteiger partial charge is 0.381 e. The van der Waals surface area contributed by atoms with E-state index in [1.807, 2.05) is 0 Å². The smallest absolute Gasteiger partial charge is 0.156 e. The molecular formula is C26H46O4S2. The predicted octanol–water partition coefficient (Wildman–Crippen LogP) is 6.31. The third kappa shape index (κ3) is 6.66. The molecule has 4 fully saturated rings. The Balaban J connectivity index is 1.14. The Bertz CT molecular complexity index is 649. The van der Waals surface area contributed by atoms with Crippen molar-refractivity contribution >= 4 is 21.6 Å². The summed E-state index contributed by atoms with van der Waals surface area (Å²) in [6.45, 7) is 2.40. The maximum Gasteiger partial charge on any atom is 0.156 e. The lowest BCUT2D eigenvalue weighted by atomic mass is 9.91. The van der Waals surface area contributed by atoms with Crippen LogP contribution in [0.15, 0.2) is 0 Å². The fourth-order valence-corrected chi connectivity index (χ4v) is 10.6. The van der Waals surface area contributed by atoms with Crippen LogP contribution in [0, 0.1) is 5.92 Å². The van der Waals surface area contributed by atoms with Crippen molar-refractivity contribution in [2.75, 3.05) is 7.11 Å². The van der Waals surface area contributed by atoms with Crippen molar-refractivity contribution in [1.82, 2.24) is 0 Å². The van der Waals surface area contributed by atoms with Crippen molar-refractivity contribution in [2.24, 2.45) is 5.92 Å². The monoisotopic (exact) mass is 486 g/mol. The van der Waals surface area contributed by atoms with E-state index >= 15 is 0 Å². The second kappa shape index (κ2) is 11.8. The molecule has 0 amide bonds. The Morgan fingerprint density at radius 2 is 1.00 bits per heavy atom. The lowest BCUT2D eigenvalue weighted by Gasteiger charge is -2.37. The van der Waals surface area contributed by atoms with E-state index in [-0.39, 0.29) is 22.7 Å². The first-order valence-electron chi connectivity index (χ1n) is 13.5. The third-order valence-corrected chi connectivity index (χ3v) is 13.4. The molecule has 0 N–H and O–H groups in total. The highest BCUT2D eigenvalue weighted by Crippen LogP contribution is 2.40. The highest BCUT2D eigenvalue weighted by molar-refractivity contribution is 8.00. The van der Waals surface area contributed by atoms with Crippen molar-refractivity contribution in [2.45, 2.75) is 149 Å². The van der Waals surface area contributed by atoms with Crippen molar-refractivity contribution < 1.29 is 17.9 Å². The average Bonchev–Trinajstić information content (AvgIpc) is 2.82. The van der Waals surface area contributed by atoms with Crippen LogP contribution in [0.2, 0.25) is 0 Å². The van der Waals surface area contributed by atoms with E-state index in [0.717, 1.165) is 67.8 Å². The normalized spacial score (nSPS) is 41.9. The van der Waals surface area contributed by atoms with Gasteiger partial charge in [0, 0.05) is 17.6 Å². The van der Waals surface area contributed by atoms with Gasteiger partial charge in [-0.1, -0.05) is 6.92 Å². The van der Waals surface area contributed by atoms with E-state index in [9.17, 15) is 8.42 Å². The number of hydrogen-bond acceptors (Lipinski definition) is 5. The molecule has 0 aromatic carbocycles. The SMILES string of the molecule is COC1CCC(S(=O)(=O)C2CCC(OC3CCC(SC4CCC(C)CC4)CC3)CC2)CC1. The van der Waals surface area contributed by atoms with E-state index in [4.69, 9.17) is 9.47 Å². The first-order valence-corrected chi connectivity index (χ1v) is 16.1. The molecule has 32 heavy (non-hydrogen) atoms. The van der Waals surface area contributed by atoms with Crippen LogP contribution >= 0.6 is 11.8 Å². The summed E-state index contributed by atoms with van der Waals surface area (Å²) in [7, 11) is -1.27. The zero-order valence-corrected chi connectivity index (χ0v) is 22.0. The van der Waals surface area contributed by atoms with Crippen molar-refractivity contribution in [3.8, 4) is 0 Å². The summed E-state index contributed by atoms with van der Waals surface area (Å²) in [5, 5.41) is 1.45. The van der Waals surface area contributed by atoms with Gasteiger partial charge in [-0.2, -0.15) is 11.8 Å². The predicted molar refractivity (Wildman–Crippen MR) is 134 cm³/mol. The molecule has 0 aromatic heterocycles. The summed E-state index contributed by atoms with van der Waals surface area (Å²) < 4.78 is 38.3.